The summed E-state index contributed by atoms with van der Waals surface area (Å²) in [5.41, 5.74) is 0.425. The number of hydrogen-bond acceptors (Lipinski definition) is 5. The Labute approximate surface area is 121 Å². The minimum atomic E-state index is -1.13. The van der Waals surface area contributed by atoms with Crippen molar-refractivity contribution in [3.05, 3.63) is 18.3 Å². The van der Waals surface area contributed by atoms with Crippen LogP contribution in [0.3, 0.4) is 0 Å². The number of likely N-dealkylation sites (tertiary alicyclic amines) is 1. The summed E-state index contributed by atoms with van der Waals surface area (Å²) in [4.78, 5) is 28.2. The van der Waals surface area contributed by atoms with Crippen molar-refractivity contribution in [2.24, 2.45) is 0 Å². The summed E-state index contributed by atoms with van der Waals surface area (Å²) in [5, 5.41) is 21.1. The van der Waals surface area contributed by atoms with E-state index in [0.717, 1.165) is 4.90 Å². The number of aromatic nitrogens is 1. The van der Waals surface area contributed by atoms with E-state index >= 15 is 0 Å². The molecule has 1 saturated heterocycles. The highest BCUT2D eigenvalue weighted by molar-refractivity contribution is 5.92. The van der Waals surface area contributed by atoms with Gasteiger partial charge in [0.1, 0.15) is 6.04 Å². The number of pyridine rings is 1. The van der Waals surface area contributed by atoms with Crippen LogP contribution in [0.2, 0.25) is 0 Å². The molecule has 0 aliphatic carbocycles. The first-order chi connectivity index (χ1) is 10.0. The number of nitrogens with zero attached hydrogens (tertiary/aromatic N) is 2. The number of amides is 2. The minimum absolute atomic E-state index is 0.00669. The first-order valence-corrected chi connectivity index (χ1v) is 6.58. The molecule has 0 aromatic carbocycles. The molecule has 1 aromatic heterocycles. The fourth-order valence-electron chi connectivity index (χ4n) is 2.16. The van der Waals surface area contributed by atoms with Crippen LogP contribution in [-0.2, 0) is 4.79 Å². The molecule has 2 rings (SSSR count). The van der Waals surface area contributed by atoms with Gasteiger partial charge >= 0.3 is 12.0 Å². The maximum atomic E-state index is 12.1. The Bertz CT molecular complexity index is 519. The van der Waals surface area contributed by atoms with Gasteiger partial charge in [0, 0.05) is 19.0 Å². The Hall–Kier alpha value is -2.35. The van der Waals surface area contributed by atoms with Crippen molar-refractivity contribution in [3.63, 3.8) is 0 Å². The molecular formula is C13H17N3O5. The summed E-state index contributed by atoms with van der Waals surface area (Å²) in [6.45, 7) is 2.32. The minimum Gasteiger partial charge on any atom is -0.480 e. The molecule has 1 aliphatic heterocycles. The molecule has 1 aromatic rings. The molecule has 21 heavy (non-hydrogen) atoms. The Kier molecular flexibility index (Phi) is 4.59. The van der Waals surface area contributed by atoms with Crippen LogP contribution in [0.15, 0.2) is 18.3 Å². The zero-order valence-electron chi connectivity index (χ0n) is 11.5. The maximum absolute atomic E-state index is 12.1. The number of ether oxygens (including phenoxy) is 1. The normalized spacial score (nSPS) is 21.1. The van der Waals surface area contributed by atoms with Crippen LogP contribution in [0.5, 0.6) is 5.88 Å². The molecule has 1 fully saturated rings. The summed E-state index contributed by atoms with van der Waals surface area (Å²) < 4.78 is 5.18. The van der Waals surface area contributed by atoms with Gasteiger partial charge in [-0.2, -0.15) is 0 Å². The molecule has 2 heterocycles. The van der Waals surface area contributed by atoms with Crippen LogP contribution in [0, 0.1) is 0 Å². The predicted octanol–water partition coefficient (Wildman–Crippen LogP) is 0.532. The van der Waals surface area contributed by atoms with Gasteiger partial charge in [0.25, 0.3) is 0 Å². The summed E-state index contributed by atoms with van der Waals surface area (Å²) in [6, 6.07) is 1.62. The average Bonchev–Trinajstić information content (AvgIpc) is 2.84. The smallest absolute Gasteiger partial charge is 0.326 e. The first-order valence-electron chi connectivity index (χ1n) is 6.58. The van der Waals surface area contributed by atoms with E-state index in [1.807, 2.05) is 6.92 Å². The molecule has 8 nitrogen and oxygen atoms in total. The molecule has 2 amide bonds. The van der Waals surface area contributed by atoms with E-state index in [1.165, 1.54) is 6.20 Å². The van der Waals surface area contributed by atoms with Crippen LogP contribution in [0.25, 0.3) is 0 Å². The number of β-amino-alcohol motifs (C(OH)–C–C–N with tert-alkyl or cyclic N) is 1. The van der Waals surface area contributed by atoms with Gasteiger partial charge in [0.2, 0.25) is 5.88 Å². The van der Waals surface area contributed by atoms with Gasteiger partial charge in [-0.1, -0.05) is 0 Å². The summed E-state index contributed by atoms with van der Waals surface area (Å²) in [5.74, 6) is -0.693. The third-order valence-electron chi connectivity index (χ3n) is 3.10. The van der Waals surface area contributed by atoms with E-state index in [2.05, 4.69) is 10.3 Å². The van der Waals surface area contributed by atoms with Crippen molar-refractivity contribution in [2.75, 3.05) is 18.5 Å². The van der Waals surface area contributed by atoms with Gasteiger partial charge in [-0.25, -0.2) is 14.6 Å². The SMILES string of the molecule is CCOc1ccc(NC(=O)N2C[C@H](O)C[C@@H]2C(=O)O)cn1. The van der Waals surface area contributed by atoms with Crippen LogP contribution in [0.4, 0.5) is 10.5 Å². The van der Waals surface area contributed by atoms with E-state index in [-0.39, 0.29) is 13.0 Å². The lowest BCUT2D eigenvalue weighted by molar-refractivity contribution is -0.141. The van der Waals surface area contributed by atoms with Gasteiger partial charge in [-0.15, -0.1) is 0 Å². The molecule has 2 atom stereocenters. The van der Waals surface area contributed by atoms with Crippen molar-refractivity contribution in [1.29, 1.82) is 0 Å². The third-order valence-corrected chi connectivity index (χ3v) is 3.10. The van der Waals surface area contributed by atoms with E-state index in [9.17, 15) is 14.7 Å². The average molecular weight is 295 g/mol. The van der Waals surface area contributed by atoms with E-state index < -0.39 is 24.1 Å². The molecule has 0 radical (unpaired) electrons. The summed E-state index contributed by atoms with van der Waals surface area (Å²) >= 11 is 0. The van der Waals surface area contributed by atoms with Crippen LogP contribution < -0.4 is 10.1 Å². The second-order valence-electron chi connectivity index (χ2n) is 4.64. The number of carboxylic acid groups (broad SMARTS) is 1. The molecule has 1 aliphatic rings. The molecule has 0 bridgehead atoms. The topological polar surface area (TPSA) is 112 Å². The van der Waals surface area contributed by atoms with Gasteiger partial charge in [-0.3, -0.25) is 0 Å². The van der Waals surface area contributed by atoms with Gasteiger partial charge in [0.15, 0.2) is 0 Å². The number of hydrogen-bond donors (Lipinski definition) is 3. The molecular weight excluding hydrogens is 278 g/mol. The lowest BCUT2D eigenvalue weighted by atomic mass is 10.2. The molecule has 8 heteroatoms. The van der Waals surface area contributed by atoms with Crippen molar-refractivity contribution >= 4 is 17.7 Å². The Morgan fingerprint density at radius 1 is 1.52 bits per heavy atom. The lowest BCUT2D eigenvalue weighted by Crippen LogP contribution is -2.43. The highest BCUT2D eigenvalue weighted by atomic mass is 16.5. The van der Waals surface area contributed by atoms with Crippen molar-refractivity contribution < 1.29 is 24.5 Å². The quantitative estimate of drug-likeness (QED) is 0.747. The molecule has 0 unspecified atom stereocenters. The van der Waals surface area contributed by atoms with E-state index in [0.29, 0.717) is 18.2 Å². The van der Waals surface area contributed by atoms with Crippen molar-refractivity contribution in [1.82, 2.24) is 9.88 Å². The van der Waals surface area contributed by atoms with Gasteiger partial charge < -0.3 is 25.2 Å². The number of aliphatic carboxylic acids is 1. The van der Waals surface area contributed by atoms with Crippen LogP contribution in [-0.4, -0.2) is 57.4 Å². The van der Waals surface area contributed by atoms with Crippen LogP contribution in [0.1, 0.15) is 13.3 Å². The Morgan fingerprint density at radius 2 is 2.29 bits per heavy atom. The zero-order chi connectivity index (χ0) is 15.4. The van der Waals surface area contributed by atoms with Gasteiger partial charge in [-0.05, 0) is 13.0 Å². The van der Waals surface area contributed by atoms with Gasteiger partial charge in [0.05, 0.1) is 24.6 Å². The largest absolute Gasteiger partial charge is 0.480 e. The van der Waals surface area contributed by atoms with E-state index in [4.69, 9.17) is 9.84 Å². The Morgan fingerprint density at radius 3 is 2.86 bits per heavy atom. The third kappa shape index (κ3) is 3.60. The van der Waals surface area contributed by atoms with Crippen molar-refractivity contribution in [3.8, 4) is 5.88 Å². The number of carboxylic acids is 1. The second-order valence-corrected chi connectivity index (χ2v) is 4.64. The molecule has 114 valence electrons. The monoisotopic (exact) mass is 295 g/mol. The first kappa shape index (κ1) is 15.0. The highest BCUT2D eigenvalue weighted by Crippen LogP contribution is 2.20. The standard InChI is InChI=1S/C13H17N3O5/c1-2-21-11-4-3-8(6-14-11)15-13(20)16-7-9(17)5-10(16)12(18)19/h3-4,6,9-10,17H,2,5,7H2,1H3,(H,15,20)(H,18,19)/t9-,10-/m1/s1. The molecule has 3 N–H and O–H groups in total. The molecule has 0 saturated carbocycles. The maximum Gasteiger partial charge on any atom is 0.326 e. The number of carbonyl (C=O) groups excluding carboxylic acids is 1. The molecule has 0 spiro atoms. The van der Waals surface area contributed by atoms with Crippen LogP contribution >= 0.6 is 0 Å². The number of aliphatic hydroxyl groups excluding tert-OH is 1. The Balaban J connectivity index is 2.01. The second kappa shape index (κ2) is 6.40. The number of aliphatic hydroxyl groups is 1. The number of anilines is 1. The number of carbonyl (C=O) groups is 2. The fraction of sp³-hybridized carbons (Fsp3) is 0.462. The summed E-state index contributed by atoms with van der Waals surface area (Å²) in [7, 11) is 0. The van der Waals surface area contributed by atoms with E-state index in [1.54, 1.807) is 12.1 Å². The lowest BCUT2D eigenvalue weighted by Gasteiger charge is -2.21. The van der Waals surface area contributed by atoms with Crippen molar-refractivity contribution in [2.45, 2.75) is 25.5 Å². The fourth-order valence-corrected chi connectivity index (χ4v) is 2.16. The number of rotatable bonds is 4. The summed E-state index contributed by atoms with van der Waals surface area (Å²) in [6.07, 6.45) is 0.630. The zero-order valence-corrected chi connectivity index (χ0v) is 11.5. The predicted molar refractivity (Wildman–Crippen MR) is 73.2 cm³/mol. The number of nitrogens with one attached hydrogen (secondary N) is 1. The number of urea groups is 1. The highest BCUT2D eigenvalue weighted by Gasteiger charge is 2.38.